The van der Waals surface area contributed by atoms with Crippen LogP contribution in [0.2, 0.25) is 5.02 Å². The zero-order valence-corrected chi connectivity index (χ0v) is 11.3. The molecule has 0 bridgehead atoms. The van der Waals surface area contributed by atoms with Crippen LogP contribution in [-0.2, 0) is 16.0 Å². The van der Waals surface area contributed by atoms with Crippen LogP contribution < -0.4 is 10.5 Å². The fourth-order valence-corrected chi connectivity index (χ4v) is 1.57. The van der Waals surface area contributed by atoms with Crippen molar-refractivity contribution in [2.24, 2.45) is 5.73 Å². The summed E-state index contributed by atoms with van der Waals surface area (Å²) in [5.41, 5.74) is 6.36. The van der Waals surface area contributed by atoms with E-state index in [0.29, 0.717) is 43.9 Å². The van der Waals surface area contributed by atoms with E-state index in [0.717, 1.165) is 12.0 Å². The van der Waals surface area contributed by atoms with E-state index in [-0.39, 0.29) is 0 Å². The van der Waals surface area contributed by atoms with E-state index in [1.54, 1.807) is 19.4 Å². The second-order valence-corrected chi connectivity index (χ2v) is 3.98. The number of hydrogen-bond acceptors (Lipinski definition) is 5. The van der Waals surface area contributed by atoms with Crippen molar-refractivity contribution in [3.63, 3.8) is 0 Å². The molecule has 0 amide bonds. The van der Waals surface area contributed by atoms with Crippen molar-refractivity contribution < 1.29 is 14.2 Å². The van der Waals surface area contributed by atoms with Gasteiger partial charge in [-0.3, -0.25) is 0 Å². The Balaban J connectivity index is 2.23. The van der Waals surface area contributed by atoms with Gasteiger partial charge in [-0.25, -0.2) is 4.98 Å². The van der Waals surface area contributed by atoms with Gasteiger partial charge in [-0.2, -0.15) is 0 Å². The quantitative estimate of drug-likeness (QED) is 0.693. The Bertz CT molecular complexity index is 350. The summed E-state index contributed by atoms with van der Waals surface area (Å²) >= 11 is 6.07. The molecule has 2 N–H and O–H groups in total. The molecule has 0 aromatic carbocycles. The van der Waals surface area contributed by atoms with Gasteiger partial charge in [0.05, 0.1) is 6.61 Å². The standard InChI is InChI=1S/C12H19ClN2O3/c1-16-5-2-6-17-7-8-18-12-11(13)10(9-14)3-4-15-12/h3-4H,2,5-9,14H2,1H3. The molecule has 1 rings (SSSR count). The molecule has 1 aromatic heterocycles. The lowest BCUT2D eigenvalue weighted by Gasteiger charge is -2.09. The second kappa shape index (κ2) is 9.10. The molecule has 1 aromatic rings. The SMILES string of the molecule is COCCCOCCOc1nccc(CN)c1Cl. The zero-order chi connectivity index (χ0) is 13.2. The molecule has 0 unspecified atom stereocenters. The van der Waals surface area contributed by atoms with Gasteiger partial charge in [0.2, 0.25) is 5.88 Å². The molecular weight excluding hydrogens is 256 g/mol. The highest BCUT2D eigenvalue weighted by Gasteiger charge is 2.07. The number of ether oxygens (including phenoxy) is 3. The van der Waals surface area contributed by atoms with Gasteiger partial charge in [-0.05, 0) is 18.1 Å². The second-order valence-electron chi connectivity index (χ2n) is 3.60. The Kier molecular flexibility index (Phi) is 7.68. The van der Waals surface area contributed by atoms with Crippen LogP contribution in [0.25, 0.3) is 0 Å². The summed E-state index contributed by atoms with van der Waals surface area (Å²) in [6.45, 7) is 2.63. The molecule has 102 valence electrons. The minimum absolute atomic E-state index is 0.366. The van der Waals surface area contributed by atoms with Crippen molar-refractivity contribution in [3.05, 3.63) is 22.8 Å². The van der Waals surface area contributed by atoms with Gasteiger partial charge in [0, 0.05) is 33.1 Å². The van der Waals surface area contributed by atoms with Crippen LogP contribution in [0, 0.1) is 0 Å². The first-order chi connectivity index (χ1) is 8.79. The number of hydrogen-bond donors (Lipinski definition) is 1. The van der Waals surface area contributed by atoms with Crippen LogP contribution in [0.1, 0.15) is 12.0 Å². The zero-order valence-electron chi connectivity index (χ0n) is 10.5. The average Bonchev–Trinajstić information content (AvgIpc) is 2.39. The number of methoxy groups -OCH3 is 1. The number of nitrogens with zero attached hydrogens (tertiary/aromatic N) is 1. The monoisotopic (exact) mass is 274 g/mol. The first-order valence-corrected chi connectivity index (χ1v) is 6.20. The number of halogens is 1. The number of pyridine rings is 1. The topological polar surface area (TPSA) is 66.6 Å². The summed E-state index contributed by atoms with van der Waals surface area (Å²) in [5, 5.41) is 0.472. The van der Waals surface area contributed by atoms with Crippen molar-refractivity contribution in [1.29, 1.82) is 0 Å². The van der Waals surface area contributed by atoms with Gasteiger partial charge >= 0.3 is 0 Å². The van der Waals surface area contributed by atoms with E-state index in [1.165, 1.54) is 0 Å². The van der Waals surface area contributed by atoms with Crippen molar-refractivity contribution >= 4 is 11.6 Å². The lowest BCUT2D eigenvalue weighted by molar-refractivity contribution is 0.0795. The Morgan fingerprint density at radius 3 is 2.83 bits per heavy atom. The smallest absolute Gasteiger partial charge is 0.232 e. The van der Waals surface area contributed by atoms with Crippen LogP contribution >= 0.6 is 11.6 Å². The third-order valence-corrected chi connectivity index (χ3v) is 2.67. The van der Waals surface area contributed by atoms with Gasteiger partial charge in [0.25, 0.3) is 0 Å². The predicted octanol–water partition coefficient (Wildman–Crippen LogP) is 1.63. The number of aromatic nitrogens is 1. The molecule has 0 aliphatic rings. The summed E-state index contributed by atoms with van der Waals surface area (Å²) in [5.74, 6) is 0.403. The maximum absolute atomic E-state index is 6.07. The number of nitrogens with two attached hydrogens (primary N) is 1. The average molecular weight is 275 g/mol. The molecule has 0 spiro atoms. The molecule has 18 heavy (non-hydrogen) atoms. The normalized spacial score (nSPS) is 10.6. The van der Waals surface area contributed by atoms with E-state index >= 15 is 0 Å². The highest BCUT2D eigenvalue weighted by molar-refractivity contribution is 6.32. The van der Waals surface area contributed by atoms with Crippen molar-refractivity contribution in [2.45, 2.75) is 13.0 Å². The molecule has 0 aliphatic carbocycles. The van der Waals surface area contributed by atoms with E-state index in [4.69, 9.17) is 31.5 Å². The first kappa shape index (κ1) is 15.2. The van der Waals surface area contributed by atoms with Crippen LogP contribution in [0.4, 0.5) is 0 Å². The molecule has 0 saturated carbocycles. The fourth-order valence-electron chi connectivity index (χ4n) is 1.33. The lowest BCUT2D eigenvalue weighted by Crippen LogP contribution is -2.10. The van der Waals surface area contributed by atoms with Gasteiger partial charge in [0.15, 0.2) is 0 Å². The Labute approximate surface area is 112 Å². The van der Waals surface area contributed by atoms with Gasteiger partial charge in [-0.15, -0.1) is 0 Å². The van der Waals surface area contributed by atoms with Crippen molar-refractivity contribution in [1.82, 2.24) is 4.98 Å². The molecule has 0 aliphatic heterocycles. The van der Waals surface area contributed by atoms with E-state index in [2.05, 4.69) is 4.98 Å². The van der Waals surface area contributed by atoms with Crippen LogP contribution in [-0.4, -0.2) is 38.5 Å². The Hall–Kier alpha value is -0.880. The predicted molar refractivity (Wildman–Crippen MR) is 69.9 cm³/mol. The Morgan fingerprint density at radius 2 is 2.11 bits per heavy atom. The van der Waals surface area contributed by atoms with Crippen LogP contribution in [0.3, 0.4) is 0 Å². The van der Waals surface area contributed by atoms with Crippen molar-refractivity contribution in [2.75, 3.05) is 33.5 Å². The van der Waals surface area contributed by atoms with E-state index in [9.17, 15) is 0 Å². The third-order valence-electron chi connectivity index (χ3n) is 2.26. The molecule has 5 nitrogen and oxygen atoms in total. The van der Waals surface area contributed by atoms with E-state index in [1.807, 2.05) is 0 Å². The molecule has 0 radical (unpaired) electrons. The van der Waals surface area contributed by atoms with Gasteiger partial charge in [-0.1, -0.05) is 11.6 Å². The molecular formula is C12H19ClN2O3. The fraction of sp³-hybridized carbons (Fsp3) is 0.583. The summed E-state index contributed by atoms with van der Waals surface area (Å²) in [4.78, 5) is 4.05. The van der Waals surface area contributed by atoms with E-state index < -0.39 is 0 Å². The molecule has 6 heteroatoms. The largest absolute Gasteiger partial charge is 0.474 e. The lowest BCUT2D eigenvalue weighted by atomic mass is 10.3. The molecule has 0 atom stereocenters. The molecule has 1 heterocycles. The maximum atomic E-state index is 6.07. The van der Waals surface area contributed by atoms with Crippen LogP contribution in [0.5, 0.6) is 5.88 Å². The maximum Gasteiger partial charge on any atom is 0.232 e. The highest BCUT2D eigenvalue weighted by Crippen LogP contribution is 2.24. The van der Waals surface area contributed by atoms with Crippen molar-refractivity contribution in [3.8, 4) is 5.88 Å². The third kappa shape index (κ3) is 5.18. The van der Waals surface area contributed by atoms with Gasteiger partial charge < -0.3 is 19.9 Å². The van der Waals surface area contributed by atoms with Crippen LogP contribution in [0.15, 0.2) is 12.3 Å². The highest BCUT2D eigenvalue weighted by atomic mass is 35.5. The summed E-state index contributed by atoms with van der Waals surface area (Å²) in [6.07, 6.45) is 2.50. The number of rotatable bonds is 9. The molecule has 0 saturated heterocycles. The minimum Gasteiger partial charge on any atom is -0.474 e. The summed E-state index contributed by atoms with van der Waals surface area (Å²) in [6, 6.07) is 1.77. The van der Waals surface area contributed by atoms with Gasteiger partial charge in [0.1, 0.15) is 11.6 Å². The minimum atomic E-state index is 0.366. The first-order valence-electron chi connectivity index (χ1n) is 5.82. The summed E-state index contributed by atoms with van der Waals surface area (Å²) < 4.78 is 15.7. The Morgan fingerprint density at radius 1 is 1.28 bits per heavy atom. The molecule has 0 fully saturated rings. The summed E-state index contributed by atoms with van der Waals surface area (Å²) in [7, 11) is 1.67.